The first-order valence-electron chi connectivity index (χ1n) is 6.24. The van der Waals surface area contributed by atoms with Crippen molar-refractivity contribution in [1.29, 1.82) is 5.41 Å². The molecule has 0 bridgehead atoms. The van der Waals surface area contributed by atoms with Crippen molar-refractivity contribution in [1.82, 2.24) is 0 Å². The van der Waals surface area contributed by atoms with Crippen LogP contribution in [0.5, 0.6) is 0 Å². The number of rotatable bonds is 3. The molecule has 0 saturated heterocycles. The number of hydrogen-bond acceptors (Lipinski definition) is 2. The standard InChI is InChI=1S/C15H15FN4O/c1-9-5-6-10(14(17)18)7-13(9)20-15(21)19-12-4-2-3-11(16)8-12/h2-8H,1H3,(H3,17,18)(H2,19,20,21). The summed E-state index contributed by atoms with van der Waals surface area (Å²) in [5.41, 5.74) is 7.65. The van der Waals surface area contributed by atoms with Gasteiger partial charge in [0.1, 0.15) is 11.7 Å². The van der Waals surface area contributed by atoms with E-state index in [1.165, 1.54) is 18.2 Å². The van der Waals surface area contributed by atoms with Crippen LogP contribution in [0.2, 0.25) is 0 Å². The summed E-state index contributed by atoms with van der Waals surface area (Å²) in [5, 5.41) is 12.6. The second kappa shape index (κ2) is 6.04. The van der Waals surface area contributed by atoms with Gasteiger partial charge in [-0.25, -0.2) is 9.18 Å². The SMILES string of the molecule is Cc1ccc(C(=N)N)cc1NC(=O)Nc1cccc(F)c1. The number of carbonyl (C=O) groups is 1. The maximum atomic E-state index is 13.0. The Morgan fingerprint density at radius 3 is 2.62 bits per heavy atom. The molecule has 0 atom stereocenters. The lowest BCUT2D eigenvalue weighted by Gasteiger charge is -2.11. The maximum Gasteiger partial charge on any atom is 0.323 e. The second-order valence-corrected chi connectivity index (χ2v) is 4.53. The van der Waals surface area contributed by atoms with E-state index in [1.807, 2.05) is 6.92 Å². The average molecular weight is 286 g/mol. The number of carbonyl (C=O) groups excluding carboxylic acids is 1. The van der Waals surface area contributed by atoms with E-state index in [2.05, 4.69) is 10.6 Å². The monoisotopic (exact) mass is 286 g/mol. The molecule has 0 spiro atoms. The Labute approximate surface area is 121 Å². The first-order chi connectivity index (χ1) is 9.95. The molecule has 2 aromatic rings. The summed E-state index contributed by atoms with van der Waals surface area (Å²) in [4.78, 5) is 11.9. The molecule has 0 unspecified atom stereocenters. The van der Waals surface area contributed by atoms with Gasteiger partial charge >= 0.3 is 6.03 Å². The van der Waals surface area contributed by atoms with Crippen molar-refractivity contribution in [2.24, 2.45) is 5.73 Å². The first-order valence-corrected chi connectivity index (χ1v) is 6.24. The molecule has 21 heavy (non-hydrogen) atoms. The number of hydrogen-bond donors (Lipinski definition) is 4. The smallest absolute Gasteiger partial charge is 0.323 e. The van der Waals surface area contributed by atoms with Gasteiger partial charge in [-0.3, -0.25) is 5.41 Å². The molecule has 5 nitrogen and oxygen atoms in total. The minimum absolute atomic E-state index is 0.0800. The number of halogens is 1. The minimum atomic E-state index is -0.496. The molecule has 6 heteroatoms. The largest absolute Gasteiger partial charge is 0.384 e. The van der Waals surface area contributed by atoms with Crippen LogP contribution in [-0.2, 0) is 0 Å². The van der Waals surface area contributed by atoms with Crippen molar-refractivity contribution in [3.05, 3.63) is 59.4 Å². The van der Waals surface area contributed by atoms with E-state index in [0.717, 1.165) is 5.56 Å². The van der Waals surface area contributed by atoms with Crippen LogP contribution >= 0.6 is 0 Å². The summed E-state index contributed by atoms with van der Waals surface area (Å²) >= 11 is 0. The van der Waals surface area contributed by atoms with Gasteiger partial charge in [-0.05, 0) is 36.8 Å². The quantitative estimate of drug-likeness (QED) is 0.516. The molecule has 2 rings (SSSR count). The zero-order valence-electron chi connectivity index (χ0n) is 11.4. The van der Waals surface area contributed by atoms with Crippen molar-refractivity contribution in [2.45, 2.75) is 6.92 Å². The molecule has 5 N–H and O–H groups in total. The lowest BCUT2D eigenvalue weighted by Crippen LogP contribution is -2.20. The van der Waals surface area contributed by atoms with Gasteiger partial charge < -0.3 is 16.4 Å². The number of amides is 2. The fourth-order valence-electron chi connectivity index (χ4n) is 1.78. The van der Waals surface area contributed by atoms with Gasteiger partial charge in [0.05, 0.1) is 0 Å². The predicted molar refractivity (Wildman–Crippen MR) is 81.2 cm³/mol. The molecule has 0 aliphatic carbocycles. The summed E-state index contributed by atoms with van der Waals surface area (Å²) in [6.07, 6.45) is 0. The fourth-order valence-corrected chi connectivity index (χ4v) is 1.78. The number of nitrogens with two attached hydrogens (primary N) is 1. The van der Waals surface area contributed by atoms with Gasteiger partial charge in [0.25, 0.3) is 0 Å². The third-order valence-electron chi connectivity index (χ3n) is 2.88. The van der Waals surface area contributed by atoms with Gasteiger partial charge in [-0.15, -0.1) is 0 Å². The van der Waals surface area contributed by atoms with Crippen LogP contribution in [0.4, 0.5) is 20.6 Å². The van der Waals surface area contributed by atoms with E-state index in [9.17, 15) is 9.18 Å². The summed E-state index contributed by atoms with van der Waals surface area (Å²) in [6, 6.07) is 10.2. The number of amidine groups is 1. The Bertz CT molecular complexity index is 700. The van der Waals surface area contributed by atoms with E-state index in [1.54, 1.807) is 24.3 Å². The molecule has 0 aliphatic rings. The second-order valence-electron chi connectivity index (χ2n) is 4.53. The Hall–Kier alpha value is -2.89. The highest BCUT2D eigenvalue weighted by atomic mass is 19.1. The van der Waals surface area contributed by atoms with Crippen LogP contribution in [0.25, 0.3) is 0 Å². The normalized spacial score (nSPS) is 10.0. The third-order valence-corrected chi connectivity index (χ3v) is 2.88. The van der Waals surface area contributed by atoms with E-state index in [0.29, 0.717) is 16.9 Å². The molecule has 0 heterocycles. The van der Waals surface area contributed by atoms with Crippen LogP contribution in [0.3, 0.4) is 0 Å². The fraction of sp³-hybridized carbons (Fsp3) is 0.0667. The van der Waals surface area contributed by atoms with E-state index in [-0.39, 0.29) is 5.84 Å². The zero-order chi connectivity index (χ0) is 15.4. The molecule has 0 aromatic heterocycles. The highest BCUT2D eigenvalue weighted by molar-refractivity contribution is 6.02. The van der Waals surface area contributed by atoms with E-state index < -0.39 is 11.8 Å². The summed E-state index contributed by atoms with van der Waals surface area (Å²) in [5.74, 6) is -0.508. The Kier molecular flexibility index (Phi) is 4.18. The molecular weight excluding hydrogens is 271 g/mol. The lowest BCUT2D eigenvalue weighted by atomic mass is 10.1. The summed E-state index contributed by atoms with van der Waals surface area (Å²) in [6.45, 7) is 1.82. The average Bonchev–Trinajstić information content (AvgIpc) is 2.41. The van der Waals surface area contributed by atoms with Crippen molar-refractivity contribution in [2.75, 3.05) is 10.6 Å². The van der Waals surface area contributed by atoms with Crippen molar-refractivity contribution < 1.29 is 9.18 Å². The minimum Gasteiger partial charge on any atom is -0.384 e. The molecule has 0 saturated carbocycles. The summed E-state index contributed by atoms with van der Waals surface area (Å²) in [7, 11) is 0. The molecule has 2 aromatic carbocycles. The van der Waals surface area contributed by atoms with E-state index in [4.69, 9.17) is 11.1 Å². The maximum absolute atomic E-state index is 13.0. The Balaban J connectivity index is 2.12. The van der Waals surface area contributed by atoms with Gasteiger partial charge in [-0.2, -0.15) is 0 Å². The Morgan fingerprint density at radius 2 is 1.95 bits per heavy atom. The number of benzene rings is 2. The number of nitrogen functional groups attached to an aromatic ring is 1. The highest BCUT2D eigenvalue weighted by Gasteiger charge is 2.07. The Morgan fingerprint density at radius 1 is 1.19 bits per heavy atom. The van der Waals surface area contributed by atoms with Gasteiger partial charge in [0.2, 0.25) is 0 Å². The van der Waals surface area contributed by atoms with E-state index >= 15 is 0 Å². The highest BCUT2D eigenvalue weighted by Crippen LogP contribution is 2.17. The van der Waals surface area contributed by atoms with Crippen LogP contribution < -0.4 is 16.4 Å². The number of aryl methyl sites for hydroxylation is 1. The molecular formula is C15H15FN4O. The summed E-state index contributed by atoms with van der Waals surface area (Å²) < 4.78 is 13.0. The van der Waals surface area contributed by atoms with Crippen LogP contribution in [0.15, 0.2) is 42.5 Å². The van der Waals surface area contributed by atoms with Gasteiger partial charge in [0, 0.05) is 16.9 Å². The number of anilines is 2. The predicted octanol–water partition coefficient (Wildman–Crippen LogP) is 3.06. The molecule has 0 fully saturated rings. The number of urea groups is 1. The van der Waals surface area contributed by atoms with Gasteiger partial charge in [-0.1, -0.05) is 18.2 Å². The molecule has 108 valence electrons. The van der Waals surface area contributed by atoms with Crippen molar-refractivity contribution in [3.63, 3.8) is 0 Å². The van der Waals surface area contributed by atoms with Crippen molar-refractivity contribution in [3.8, 4) is 0 Å². The van der Waals surface area contributed by atoms with Crippen LogP contribution in [0, 0.1) is 18.2 Å². The van der Waals surface area contributed by atoms with Crippen LogP contribution in [-0.4, -0.2) is 11.9 Å². The third kappa shape index (κ3) is 3.79. The zero-order valence-corrected chi connectivity index (χ0v) is 11.4. The van der Waals surface area contributed by atoms with Gasteiger partial charge in [0.15, 0.2) is 0 Å². The molecule has 2 amide bonds. The molecule has 0 radical (unpaired) electrons. The topological polar surface area (TPSA) is 91.0 Å². The van der Waals surface area contributed by atoms with Crippen LogP contribution in [0.1, 0.15) is 11.1 Å². The number of nitrogens with one attached hydrogen (secondary N) is 3. The molecule has 0 aliphatic heterocycles. The van der Waals surface area contributed by atoms with Crippen molar-refractivity contribution >= 4 is 23.2 Å². The lowest BCUT2D eigenvalue weighted by molar-refractivity contribution is 0.262. The first kappa shape index (κ1) is 14.5.